The Kier molecular flexibility index (Phi) is 6.01. The summed E-state index contributed by atoms with van der Waals surface area (Å²) in [5, 5.41) is 9.59. The number of nitrogens with zero attached hydrogens (tertiary/aromatic N) is 5. The van der Waals surface area contributed by atoms with E-state index in [2.05, 4.69) is 21.0 Å². The van der Waals surface area contributed by atoms with Crippen LogP contribution in [0.2, 0.25) is 0 Å². The Labute approximate surface area is 199 Å². The molecular weight excluding hydrogens is 462 g/mol. The fourth-order valence-electron chi connectivity index (χ4n) is 4.21. The first-order valence-corrected chi connectivity index (χ1v) is 11.3. The highest BCUT2D eigenvalue weighted by Crippen LogP contribution is 2.47. The van der Waals surface area contributed by atoms with Crippen LogP contribution in [0, 0.1) is 23.0 Å². The number of hydrogen-bond acceptors (Lipinski definition) is 6. The molecule has 1 saturated carbocycles. The molecule has 0 bridgehead atoms. The first-order chi connectivity index (χ1) is 16.9. The molecule has 10 heteroatoms. The minimum atomic E-state index is -2.73. The van der Waals surface area contributed by atoms with E-state index < -0.39 is 23.5 Å². The largest absolute Gasteiger partial charge is 0.487 e. The molecule has 2 aromatic heterocycles. The van der Waals surface area contributed by atoms with Gasteiger partial charge in [0.05, 0.1) is 23.7 Å². The van der Waals surface area contributed by atoms with Crippen LogP contribution in [0.25, 0.3) is 11.4 Å². The standard InChI is InChI=1S/C25H21F4N5O/c26-15-4-5-20(17(27)12-15)35-16-6-10-34(11-7-16)24-22(18-2-1-3-19(32-18)23(28)29)33-21(13-31-24)25(14-30)8-9-25/h1-5,12-13,16,23H,6-11H2. The monoisotopic (exact) mass is 483 g/mol. The van der Waals surface area contributed by atoms with Gasteiger partial charge >= 0.3 is 0 Å². The van der Waals surface area contributed by atoms with Gasteiger partial charge in [-0.1, -0.05) is 6.07 Å². The zero-order valence-electron chi connectivity index (χ0n) is 18.6. The molecule has 180 valence electrons. The van der Waals surface area contributed by atoms with Gasteiger partial charge < -0.3 is 9.64 Å². The van der Waals surface area contributed by atoms with Crippen molar-refractivity contribution in [3.8, 4) is 23.2 Å². The summed E-state index contributed by atoms with van der Waals surface area (Å²) < 4.78 is 59.5. The molecule has 0 amide bonds. The number of nitriles is 1. The Balaban J connectivity index is 1.41. The molecule has 1 aliphatic heterocycles. The minimum absolute atomic E-state index is 0.00562. The van der Waals surface area contributed by atoms with Crippen molar-refractivity contribution in [2.24, 2.45) is 0 Å². The molecule has 3 heterocycles. The van der Waals surface area contributed by atoms with E-state index in [4.69, 9.17) is 4.74 Å². The summed E-state index contributed by atoms with van der Waals surface area (Å²) in [7, 11) is 0. The highest BCUT2D eigenvalue weighted by Gasteiger charge is 2.47. The van der Waals surface area contributed by atoms with Gasteiger partial charge in [0.1, 0.15) is 28.7 Å². The number of alkyl halides is 2. The third kappa shape index (κ3) is 4.63. The second-order valence-corrected chi connectivity index (χ2v) is 8.75. The van der Waals surface area contributed by atoms with Crippen LogP contribution in [0.5, 0.6) is 5.75 Å². The second-order valence-electron chi connectivity index (χ2n) is 8.75. The SMILES string of the molecule is N#CC1(c2cnc(N3CCC(Oc4ccc(F)cc4F)CC3)c(-c3cccc(C(F)F)n3)n2)CC1. The van der Waals surface area contributed by atoms with Gasteiger partial charge in [-0.2, -0.15) is 5.26 Å². The van der Waals surface area contributed by atoms with Gasteiger partial charge in [-0.3, -0.25) is 0 Å². The van der Waals surface area contributed by atoms with Crippen LogP contribution in [0.1, 0.15) is 43.5 Å². The van der Waals surface area contributed by atoms with Crippen LogP contribution in [-0.2, 0) is 5.41 Å². The highest BCUT2D eigenvalue weighted by molar-refractivity contribution is 5.70. The molecule has 0 spiro atoms. The van der Waals surface area contributed by atoms with E-state index in [1.807, 2.05) is 4.90 Å². The molecular formula is C25H21F4N5O. The van der Waals surface area contributed by atoms with Crippen molar-refractivity contribution < 1.29 is 22.3 Å². The molecule has 0 radical (unpaired) electrons. The third-order valence-electron chi connectivity index (χ3n) is 6.37. The van der Waals surface area contributed by atoms with Crippen molar-refractivity contribution in [1.29, 1.82) is 5.26 Å². The van der Waals surface area contributed by atoms with Gasteiger partial charge in [0.15, 0.2) is 17.4 Å². The third-order valence-corrected chi connectivity index (χ3v) is 6.37. The lowest BCUT2D eigenvalue weighted by Gasteiger charge is -2.33. The van der Waals surface area contributed by atoms with Crippen LogP contribution in [0.3, 0.4) is 0 Å². The normalized spacial score (nSPS) is 17.3. The maximum absolute atomic E-state index is 14.0. The summed E-state index contributed by atoms with van der Waals surface area (Å²) in [6.45, 7) is 0.985. The Morgan fingerprint density at radius 1 is 1.09 bits per heavy atom. The molecule has 3 aromatic rings. The van der Waals surface area contributed by atoms with Gasteiger partial charge in [0.25, 0.3) is 6.43 Å². The maximum atomic E-state index is 14.0. The topological polar surface area (TPSA) is 74.9 Å². The predicted molar refractivity (Wildman–Crippen MR) is 119 cm³/mol. The summed E-state index contributed by atoms with van der Waals surface area (Å²) in [4.78, 5) is 15.3. The van der Waals surface area contributed by atoms with Crippen LogP contribution in [0.4, 0.5) is 23.4 Å². The lowest BCUT2D eigenvalue weighted by atomic mass is 10.0. The van der Waals surface area contributed by atoms with Gasteiger partial charge in [-0.15, -0.1) is 0 Å². The molecule has 5 rings (SSSR count). The highest BCUT2D eigenvalue weighted by atomic mass is 19.3. The Morgan fingerprint density at radius 2 is 1.86 bits per heavy atom. The fourth-order valence-corrected chi connectivity index (χ4v) is 4.21. The molecule has 2 aliphatic rings. The van der Waals surface area contributed by atoms with E-state index in [0.29, 0.717) is 56.0 Å². The Morgan fingerprint density at radius 3 is 2.51 bits per heavy atom. The molecule has 0 atom stereocenters. The summed E-state index contributed by atoms with van der Waals surface area (Å²) in [5.74, 6) is -0.956. The van der Waals surface area contributed by atoms with Crippen LogP contribution in [-0.4, -0.2) is 34.1 Å². The number of anilines is 1. The van der Waals surface area contributed by atoms with Gasteiger partial charge in [-0.05, 0) is 37.1 Å². The molecule has 0 unspecified atom stereocenters. The number of hydrogen-bond donors (Lipinski definition) is 0. The van der Waals surface area contributed by atoms with Crippen molar-refractivity contribution in [2.75, 3.05) is 18.0 Å². The number of piperidine rings is 1. The number of pyridine rings is 1. The van der Waals surface area contributed by atoms with Gasteiger partial charge in [-0.25, -0.2) is 32.5 Å². The molecule has 35 heavy (non-hydrogen) atoms. The van der Waals surface area contributed by atoms with E-state index in [9.17, 15) is 22.8 Å². The molecule has 1 aromatic carbocycles. The molecule has 1 saturated heterocycles. The van der Waals surface area contributed by atoms with Crippen LogP contribution < -0.4 is 9.64 Å². The van der Waals surface area contributed by atoms with E-state index >= 15 is 0 Å². The molecule has 6 nitrogen and oxygen atoms in total. The lowest BCUT2D eigenvalue weighted by molar-refractivity contribution is 0.146. The lowest BCUT2D eigenvalue weighted by Crippen LogP contribution is -2.39. The number of rotatable bonds is 6. The molecule has 2 fully saturated rings. The van der Waals surface area contributed by atoms with Gasteiger partial charge in [0, 0.05) is 32.0 Å². The van der Waals surface area contributed by atoms with E-state index in [-0.39, 0.29) is 23.2 Å². The maximum Gasteiger partial charge on any atom is 0.280 e. The van der Waals surface area contributed by atoms with E-state index in [1.165, 1.54) is 18.2 Å². The van der Waals surface area contributed by atoms with Crippen molar-refractivity contribution in [2.45, 2.75) is 43.6 Å². The quantitative estimate of drug-likeness (QED) is 0.440. The predicted octanol–water partition coefficient (Wildman–Crippen LogP) is 5.36. The number of ether oxygens (including phenoxy) is 1. The summed E-state index contributed by atoms with van der Waals surface area (Å²) in [5.41, 5.74) is 0.0485. The minimum Gasteiger partial charge on any atom is -0.487 e. The Bertz CT molecular complexity index is 1280. The van der Waals surface area contributed by atoms with Crippen molar-refractivity contribution >= 4 is 5.82 Å². The smallest absolute Gasteiger partial charge is 0.280 e. The molecule has 1 aliphatic carbocycles. The fraction of sp³-hybridized carbons (Fsp3) is 0.360. The van der Waals surface area contributed by atoms with E-state index in [0.717, 1.165) is 12.1 Å². The molecule has 0 N–H and O–H groups in total. The average Bonchev–Trinajstić information content (AvgIpc) is 3.67. The summed E-state index contributed by atoms with van der Waals surface area (Å²) in [6.07, 6.45) is 0.966. The second kappa shape index (κ2) is 9.13. The van der Waals surface area contributed by atoms with Crippen molar-refractivity contribution in [3.05, 3.63) is 65.6 Å². The van der Waals surface area contributed by atoms with Gasteiger partial charge in [0.2, 0.25) is 0 Å². The summed E-state index contributed by atoms with van der Waals surface area (Å²) >= 11 is 0. The van der Waals surface area contributed by atoms with E-state index in [1.54, 1.807) is 12.3 Å². The first kappa shape index (κ1) is 23.0. The first-order valence-electron chi connectivity index (χ1n) is 11.3. The average molecular weight is 483 g/mol. The van der Waals surface area contributed by atoms with Crippen molar-refractivity contribution in [3.63, 3.8) is 0 Å². The number of aromatic nitrogens is 3. The number of benzene rings is 1. The number of halogens is 4. The van der Waals surface area contributed by atoms with Crippen LogP contribution in [0.15, 0.2) is 42.6 Å². The van der Waals surface area contributed by atoms with Crippen molar-refractivity contribution in [1.82, 2.24) is 15.0 Å². The zero-order chi connectivity index (χ0) is 24.6. The zero-order valence-corrected chi connectivity index (χ0v) is 18.6. The van der Waals surface area contributed by atoms with Crippen LogP contribution >= 0.6 is 0 Å². The Hall–Kier alpha value is -3.74. The summed E-state index contributed by atoms with van der Waals surface area (Å²) in [6, 6.07) is 9.82.